The Kier molecular flexibility index (Phi) is 3.93. The average molecular weight is 429 g/mol. The molecule has 1 aromatic carbocycles. The molecular formula is C21H21ClN4O2S. The van der Waals surface area contributed by atoms with Crippen LogP contribution in [0.4, 0.5) is 5.13 Å². The van der Waals surface area contributed by atoms with Crippen LogP contribution in [0.15, 0.2) is 28.7 Å². The smallest absolute Gasteiger partial charge is 0.249 e. The van der Waals surface area contributed by atoms with Crippen molar-refractivity contribution in [3.8, 4) is 17.3 Å². The van der Waals surface area contributed by atoms with Crippen LogP contribution in [0.2, 0.25) is 5.02 Å². The maximum atomic E-state index is 10.4. The highest BCUT2D eigenvalue weighted by molar-refractivity contribution is 7.15. The van der Waals surface area contributed by atoms with Gasteiger partial charge in [-0.05, 0) is 62.0 Å². The van der Waals surface area contributed by atoms with E-state index in [0.29, 0.717) is 28.8 Å². The molecule has 0 radical (unpaired) electrons. The van der Waals surface area contributed by atoms with Crippen LogP contribution >= 0.6 is 22.9 Å². The van der Waals surface area contributed by atoms with E-state index in [1.165, 1.54) is 43.4 Å². The molecule has 150 valence electrons. The molecule has 6 nitrogen and oxygen atoms in total. The quantitative estimate of drug-likeness (QED) is 0.585. The normalized spacial score (nSPS) is 29.6. The molecule has 0 amide bonds. The van der Waals surface area contributed by atoms with E-state index >= 15 is 0 Å². The number of aromatic hydroxyl groups is 1. The van der Waals surface area contributed by atoms with Gasteiger partial charge in [0.15, 0.2) is 5.13 Å². The Hall–Kier alpha value is -2.12. The second-order valence-electron chi connectivity index (χ2n) is 8.75. The zero-order valence-electron chi connectivity index (χ0n) is 15.8. The van der Waals surface area contributed by atoms with Gasteiger partial charge in [-0.2, -0.15) is 4.98 Å². The van der Waals surface area contributed by atoms with E-state index < -0.39 is 0 Å². The number of rotatable bonds is 5. The van der Waals surface area contributed by atoms with Gasteiger partial charge in [0.2, 0.25) is 17.7 Å². The van der Waals surface area contributed by atoms with Gasteiger partial charge in [-0.1, -0.05) is 35.1 Å². The molecule has 0 aliphatic heterocycles. The van der Waals surface area contributed by atoms with E-state index in [2.05, 4.69) is 20.5 Å². The molecule has 2 unspecified atom stereocenters. The molecule has 2 N–H and O–H groups in total. The van der Waals surface area contributed by atoms with Crippen LogP contribution in [0, 0.1) is 17.8 Å². The fraction of sp³-hybridized carbons (Fsp3) is 0.476. The van der Waals surface area contributed by atoms with Gasteiger partial charge in [0.25, 0.3) is 0 Å². The zero-order chi connectivity index (χ0) is 19.6. The summed E-state index contributed by atoms with van der Waals surface area (Å²) in [5, 5.41) is 23.7. The summed E-state index contributed by atoms with van der Waals surface area (Å²) >= 11 is 7.69. The van der Waals surface area contributed by atoms with Crippen molar-refractivity contribution in [2.45, 2.75) is 44.1 Å². The van der Waals surface area contributed by atoms with E-state index in [1.54, 1.807) is 6.07 Å². The van der Waals surface area contributed by atoms with Crippen LogP contribution in [-0.4, -0.2) is 25.8 Å². The van der Waals surface area contributed by atoms with Crippen molar-refractivity contribution in [3.63, 3.8) is 0 Å². The molecule has 2 aromatic heterocycles. The summed E-state index contributed by atoms with van der Waals surface area (Å²) in [5.41, 5.74) is 0.895. The number of aromatic nitrogens is 3. The van der Waals surface area contributed by atoms with Gasteiger partial charge in [-0.25, -0.2) is 0 Å². The summed E-state index contributed by atoms with van der Waals surface area (Å²) in [6.07, 6.45) is 6.94. The average Bonchev–Trinajstić information content (AvgIpc) is 3.39. The van der Waals surface area contributed by atoms with Crippen molar-refractivity contribution in [1.29, 1.82) is 0 Å². The summed E-state index contributed by atoms with van der Waals surface area (Å²) in [5.74, 6) is 3.36. The van der Waals surface area contributed by atoms with Crippen molar-refractivity contribution in [2.24, 2.45) is 17.8 Å². The lowest BCUT2D eigenvalue weighted by atomic mass is 9.80. The van der Waals surface area contributed by atoms with Gasteiger partial charge in [0, 0.05) is 5.54 Å². The van der Waals surface area contributed by atoms with Crippen molar-refractivity contribution < 1.29 is 9.52 Å². The minimum Gasteiger partial charge on any atom is -0.492 e. The third kappa shape index (κ3) is 2.94. The number of halogens is 1. The van der Waals surface area contributed by atoms with Gasteiger partial charge in [-0.3, -0.25) is 0 Å². The second-order valence-corrected chi connectivity index (χ2v) is 10.2. The summed E-state index contributed by atoms with van der Waals surface area (Å²) in [6.45, 7) is 0. The summed E-state index contributed by atoms with van der Waals surface area (Å²) in [6, 6.07) is 7.36. The molecule has 29 heavy (non-hydrogen) atoms. The number of nitrogens with zero attached hydrogens (tertiary/aromatic N) is 3. The Morgan fingerprint density at radius 3 is 2.76 bits per heavy atom. The Morgan fingerprint density at radius 2 is 1.97 bits per heavy atom. The van der Waals surface area contributed by atoms with Gasteiger partial charge in [0.1, 0.15) is 0 Å². The summed E-state index contributed by atoms with van der Waals surface area (Å²) < 4.78 is 5.78. The van der Waals surface area contributed by atoms with Gasteiger partial charge in [0.05, 0.1) is 21.9 Å². The SMILES string of the molecule is Oc1nc(NC23CC4CC(CC2C4)C3)sc1Cc1nnc(-c2ccccc2Cl)o1. The highest BCUT2D eigenvalue weighted by Crippen LogP contribution is 2.61. The van der Waals surface area contributed by atoms with Crippen molar-refractivity contribution in [1.82, 2.24) is 15.2 Å². The lowest BCUT2D eigenvalue weighted by molar-refractivity contribution is 0.274. The third-order valence-electron chi connectivity index (χ3n) is 6.91. The minimum atomic E-state index is 0.0455. The highest BCUT2D eigenvalue weighted by Gasteiger charge is 2.58. The van der Waals surface area contributed by atoms with Crippen molar-refractivity contribution in [3.05, 3.63) is 40.1 Å². The molecule has 2 atom stereocenters. The van der Waals surface area contributed by atoms with Crippen LogP contribution in [0.1, 0.15) is 42.9 Å². The number of benzene rings is 1. The fourth-order valence-electron chi connectivity index (χ4n) is 5.93. The van der Waals surface area contributed by atoms with E-state index in [9.17, 15) is 5.11 Å². The molecule has 4 aliphatic rings. The molecular weight excluding hydrogens is 408 g/mol. The van der Waals surface area contributed by atoms with E-state index in [1.807, 2.05) is 18.2 Å². The first-order chi connectivity index (χ1) is 14.1. The number of anilines is 1. The Morgan fingerprint density at radius 1 is 1.17 bits per heavy atom. The van der Waals surface area contributed by atoms with Gasteiger partial charge in [-0.15, -0.1) is 10.2 Å². The predicted octanol–water partition coefficient (Wildman–Crippen LogP) is 5.13. The van der Waals surface area contributed by atoms with Gasteiger partial charge >= 0.3 is 0 Å². The van der Waals surface area contributed by atoms with Crippen LogP contribution in [-0.2, 0) is 6.42 Å². The first-order valence-corrected chi connectivity index (χ1v) is 11.3. The molecule has 7 rings (SSSR count). The summed E-state index contributed by atoms with van der Waals surface area (Å²) in [7, 11) is 0. The molecule has 4 fully saturated rings. The molecule has 3 aromatic rings. The maximum Gasteiger partial charge on any atom is 0.249 e. The van der Waals surface area contributed by atoms with Gasteiger partial charge < -0.3 is 14.8 Å². The lowest BCUT2D eigenvalue weighted by Crippen LogP contribution is -2.39. The van der Waals surface area contributed by atoms with E-state index in [0.717, 1.165) is 27.8 Å². The van der Waals surface area contributed by atoms with E-state index in [-0.39, 0.29) is 11.4 Å². The topological polar surface area (TPSA) is 84.1 Å². The number of thiazole rings is 1. The predicted molar refractivity (Wildman–Crippen MR) is 111 cm³/mol. The standard InChI is InChI=1S/C21H21ClN4O2S/c22-15-4-2-1-3-14(15)19-26-25-17(28-19)8-16-18(27)23-20(29-16)24-21-9-11-5-12(10-21)7-13(21)6-11/h1-4,11-13,27H,5-10H2,(H,23,24). The summed E-state index contributed by atoms with van der Waals surface area (Å²) in [4.78, 5) is 5.13. The lowest BCUT2D eigenvalue weighted by Gasteiger charge is -2.33. The molecule has 4 aliphatic carbocycles. The first-order valence-electron chi connectivity index (χ1n) is 10.1. The Bertz CT molecular complexity index is 1070. The van der Waals surface area contributed by atoms with Crippen molar-refractivity contribution in [2.75, 3.05) is 5.32 Å². The Labute approximate surface area is 177 Å². The van der Waals surface area contributed by atoms with Crippen LogP contribution in [0.25, 0.3) is 11.5 Å². The fourth-order valence-corrected chi connectivity index (χ4v) is 7.10. The van der Waals surface area contributed by atoms with E-state index in [4.69, 9.17) is 16.0 Å². The molecule has 8 heteroatoms. The van der Waals surface area contributed by atoms with Crippen LogP contribution in [0.3, 0.4) is 0 Å². The Balaban J connectivity index is 1.21. The number of nitrogens with one attached hydrogen (secondary N) is 1. The van der Waals surface area contributed by atoms with Crippen LogP contribution < -0.4 is 5.32 Å². The first kappa shape index (κ1) is 17.7. The largest absolute Gasteiger partial charge is 0.492 e. The van der Waals surface area contributed by atoms with Crippen LogP contribution in [0.5, 0.6) is 5.88 Å². The van der Waals surface area contributed by atoms with Crippen molar-refractivity contribution >= 4 is 28.1 Å². The number of hydrogen-bond donors (Lipinski definition) is 2. The number of hydrogen-bond acceptors (Lipinski definition) is 7. The zero-order valence-corrected chi connectivity index (χ0v) is 17.3. The molecule has 0 spiro atoms. The highest BCUT2D eigenvalue weighted by atomic mass is 35.5. The molecule has 2 heterocycles. The maximum absolute atomic E-state index is 10.4. The molecule has 0 saturated heterocycles. The minimum absolute atomic E-state index is 0.0455. The third-order valence-corrected chi connectivity index (χ3v) is 8.19. The second kappa shape index (κ2) is 6.44. The molecule has 4 bridgehead atoms. The monoisotopic (exact) mass is 428 g/mol. The molecule has 4 saturated carbocycles.